The van der Waals surface area contributed by atoms with E-state index in [1.54, 1.807) is 18.3 Å². The van der Waals surface area contributed by atoms with Crippen LogP contribution in [0.5, 0.6) is 0 Å². The van der Waals surface area contributed by atoms with Gasteiger partial charge in [-0.3, -0.25) is 29.8 Å². The van der Waals surface area contributed by atoms with Crippen molar-refractivity contribution in [2.24, 2.45) is 11.8 Å². The van der Waals surface area contributed by atoms with Crippen LogP contribution in [0.25, 0.3) is 10.9 Å². The molecule has 2 aliphatic heterocycles. The van der Waals surface area contributed by atoms with Crippen molar-refractivity contribution in [1.29, 1.82) is 0 Å². The molecule has 212 valence electrons. The number of carbonyl (C=O) groups is 4. The van der Waals surface area contributed by atoms with Gasteiger partial charge in [-0.25, -0.2) is 9.69 Å². The predicted molar refractivity (Wildman–Crippen MR) is 149 cm³/mol. The topological polar surface area (TPSA) is 172 Å². The van der Waals surface area contributed by atoms with Crippen molar-refractivity contribution >= 4 is 46.0 Å². The summed E-state index contributed by atoms with van der Waals surface area (Å²) in [6.45, 7) is 0. The fourth-order valence-electron chi connectivity index (χ4n) is 6.25. The molecule has 0 aliphatic carbocycles. The number of carboxylic acids is 1. The number of non-ortho nitro benzene ring substituents is 1. The number of ether oxygens (including phenoxy) is 1. The van der Waals surface area contributed by atoms with E-state index in [1.807, 2.05) is 24.3 Å². The molecule has 2 amide bonds. The molecule has 0 spiro atoms. The second kappa shape index (κ2) is 9.93. The van der Waals surface area contributed by atoms with Gasteiger partial charge in [-0.1, -0.05) is 36.4 Å². The van der Waals surface area contributed by atoms with Crippen molar-refractivity contribution in [1.82, 2.24) is 10.3 Å². The van der Waals surface area contributed by atoms with Crippen LogP contribution in [-0.4, -0.2) is 51.4 Å². The van der Waals surface area contributed by atoms with E-state index in [2.05, 4.69) is 10.3 Å². The van der Waals surface area contributed by atoms with Gasteiger partial charge in [0.05, 0.1) is 35.1 Å². The summed E-state index contributed by atoms with van der Waals surface area (Å²) in [4.78, 5) is 68.1. The molecule has 0 radical (unpaired) electrons. The van der Waals surface area contributed by atoms with Gasteiger partial charge in [0, 0.05) is 41.7 Å². The third kappa shape index (κ3) is 4.03. The van der Waals surface area contributed by atoms with Gasteiger partial charge in [0.2, 0.25) is 11.8 Å². The van der Waals surface area contributed by atoms with Crippen LogP contribution in [0.3, 0.4) is 0 Å². The molecule has 12 nitrogen and oxygen atoms in total. The molecule has 1 aromatic heterocycles. The number of aliphatic carboxylic acids is 1. The van der Waals surface area contributed by atoms with E-state index in [-0.39, 0.29) is 23.4 Å². The molecule has 4 unspecified atom stereocenters. The number of imide groups is 1. The standard InChI is InChI=1S/C30H24N4O8/c1-42-28(37)17-11-9-16(10-12-17)25-23-24(27(36)33(26(23)35)19-5-4-6-20(13-19)34(40)41)30(32-25,29(38)39)14-18-15-31-22-8-3-2-7-21(18)22/h2-13,15,23-25,31-32H,14H2,1H3,(H,38,39). The smallest absolute Gasteiger partial charge is 0.337 e. The first-order valence-corrected chi connectivity index (χ1v) is 13.0. The summed E-state index contributed by atoms with van der Waals surface area (Å²) in [6, 6.07) is 17.7. The lowest BCUT2D eigenvalue weighted by Crippen LogP contribution is -2.57. The lowest BCUT2D eigenvalue weighted by molar-refractivity contribution is -0.384. The molecule has 12 heteroatoms. The summed E-state index contributed by atoms with van der Waals surface area (Å²) in [5.74, 6) is -5.83. The number of para-hydroxylation sites is 1. The molecule has 2 saturated heterocycles. The van der Waals surface area contributed by atoms with E-state index in [4.69, 9.17) is 4.74 Å². The van der Waals surface area contributed by atoms with E-state index in [1.165, 1.54) is 37.4 Å². The highest BCUT2D eigenvalue weighted by molar-refractivity contribution is 6.24. The van der Waals surface area contributed by atoms with Crippen LogP contribution in [0.1, 0.15) is 27.5 Å². The van der Waals surface area contributed by atoms with Gasteiger partial charge >= 0.3 is 11.9 Å². The van der Waals surface area contributed by atoms with Crippen LogP contribution in [0.15, 0.2) is 79.0 Å². The minimum Gasteiger partial charge on any atom is -0.480 e. The number of esters is 1. The number of hydrogen-bond acceptors (Lipinski definition) is 8. The van der Waals surface area contributed by atoms with Gasteiger partial charge in [-0.2, -0.15) is 0 Å². The zero-order chi connectivity index (χ0) is 29.8. The normalized spacial score (nSPS) is 23.3. The second-order valence-electron chi connectivity index (χ2n) is 10.3. The summed E-state index contributed by atoms with van der Waals surface area (Å²) in [5.41, 5.74) is -0.0856. The Labute approximate surface area is 238 Å². The van der Waals surface area contributed by atoms with E-state index in [9.17, 15) is 34.4 Å². The minimum atomic E-state index is -1.91. The number of H-pyrrole nitrogens is 1. The van der Waals surface area contributed by atoms with Crippen molar-refractivity contribution in [3.05, 3.63) is 106 Å². The molecule has 6 rings (SSSR count). The van der Waals surface area contributed by atoms with Crippen molar-refractivity contribution < 1.29 is 33.9 Å². The number of nitrogens with one attached hydrogen (secondary N) is 2. The van der Waals surface area contributed by atoms with Crippen molar-refractivity contribution in [2.45, 2.75) is 18.0 Å². The highest BCUT2D eigenvalue weighted by atomic mass is 16.6. The summed E-state index contributed by atoms with van der Waals surface area (Å²) in [7, 11) is 1.25. The maximum absolute atomic E-state index is 14.1. The molecule has 42 heavy (non-hydrogen) atoms. The largest absolute Gasteiger partial charge is 0.480 e. The zero-order valence-corrected chi connectivity index (χ0v) is 22.1. The van der Waals surface area contributed by atoms with Gasteiger partial charge < -0.3 is 14.8 Å². The first-order chi connectivity index (χ1) is 20.2. The van der Waals surface area contributed by atoms with Gasteiger partial charge in [0.1, 0.15) is 5.54 Å². The summed E-state index contributed by atoms with van der Waals surface area (Å²) < 4.78 is 4.76. The van der Waals surface area contributed by atoms with Crippen molar-refractivity contribution in [2.75, 3.05) is 12.0 Å². The fourth-order valence-corrected chi connectivity index (χ4v) is 6.25. The lowest BCUT2D eigenvalue weighted by atomic mass is 9.76. The first kappa shape index (κ1) is 26.8. The number of anilines is 1. The fraction of sp³-hybridized carbons (Fsp3) is 0.200. The van der Waals surface area contributed by atoms with Crippen LogP contribution >= 0.6 is 0 Å². The summed E-state index contributed by atoms with van der Waals surface area (Å²) in [5, 5.41) is 26.1. The Morgan fingerprint density at radius 2 is 1.79 bits per heavy atom. The number of rotatable bonds is 7. The number of aromatic amines is 1. The molecule has 2 aliphatic rings. The quantitative estimate of drug-likeness (QED) is 0.131. The van der Waals surface area contributed by atoms with Crippen molar-refractivity contribution in [3.8, 4) is 0 Å². The van der Waals surface area contributed by atoms with E-state index >= 15 is 0 Å². The number of carbonyl (C=O) groups excluding carboxylic acids is 3. The van der Waals surface area contributed by atoms with Gasteiger partial charge in [0.25, 0.3) is 5.69 Å². The highest BCUT2D eigenvalue weighted by Crippen LogP contribution is 2.51. The van der Waals surface area contributed by atoms with Crippen LogP contribution in [-0.2, 0) is 25.5 Å². The number of methoxy groups -OCH3 is 1. The van der Waals surface area contributed by atoms with E-state index < -0.39 is 52.1 Å². The monoisotopic (exact) mass is 568 g/mol. The molecular weight excluding hydrogens is 544 g/mol. The zero-order valence-electron chi connectivity index (χ0n) is 22.1. The third-order valence-corrected chi connectivity index (χ3v) is 8.17. The van der Waals surface area contributed by atoms with Gasteiger partial charge in [0.15, 0.2) is 0 Å². The number of nitro groups is 1. The third-order valence-electron chi connectivity index (χ3n) is 8.17. The average Bonchev–Trinajstić information content (AvgIpc) is 3.64. The molecule has 0 saturated carbocycles. The van der Waals surface area contributed by atoms with Crippen LogP contribution in [0.4, 0.5) is 11.4 Å². The summed E-state index contributed by atoms with van der Waals surface area (Å²) >= 11 is 0. The number of amides is 2. The van der Waals surface area contributed by atoms with E-state index in [0.29, 0.717) is 11.1 Å². The SMILES string of the molecule is COC(=O)c1ccc(C2NC(Cc3c[nH]c4ccccc34)(C(=O)O)C3C(=O)N(c4cccc([N+](=O)[O-])c4)C(=O)C23)cc1. The van der Waals surface area contributed by atoms with E-state index in [0.717, 1.165) is 21.9 Å². The van der Waals surface area contributed by atoms with Crippen LogP contribution in [0.2, 0.25) is 0 Å². The first-order valence-electron chi connectivity index (χ1n) is 13.0. The number of carboxylic acid groups (broad SMARTS) is 1. The van der Waals surface area contributed by atoms with Crippen LogP contribution in [0, 0.1) is 22.0 Å². The number of fused-ring (bicyclic) bond motifs is 2. The Hall–Kier alpha value is -5.36. The molecular formula is C30H24N4O8. The lowest BCUT2D eigenvalue weighted by Gasteiger charge is -2.31. The average molecular weight is 569 g/mol. The molecule has 3 N–H and O–H groups in total. The highest BCUT2D eigenvalue weighted by Gasteiger charge is 2.68. The number of nitro benzene ring substituents is 1. The minimum absolute atomic E-state index is 0.0141. The van der Waals surface area contributed by atoms with Crippen LogP contribution < -0.4 is 10.2 Å². The Bertz CT molecular complexity index is 1780. The predicted octanol–water partition coefficient (Wildman–Crippen LogP) is 3.38. The molecule has 0 bridgehead atoms. The van der Waals surface area contributed by atoms with Crippen molar-refractivity contribution in [3.63, 3.8) is 0 Å². The summed E-state index contributed by atoms with van der Waals surface area (Å²) in [6.07, 6.45) is 1.55. The Kier molecular flexibility index (Phi) is 6.34. The Morgan fingerprint density at radius 1 is 1.05 bits per heavy atom. The number of hydrogen-bond donors (Lipinski definition) is 3. The Morgan fingerprint density at radius 3 is 2.48 bits per heavy atom. The van der Waals surface area contributed by atoms with Gasteiger partial charge in [-0.05, 0) is 35.4 Å². The maximum Gasteiger partial charge on any atom is 0.337 e. The van der Waals surface area contributed by atoms with Gasteiger partial charge in [-0.15, -0.1) is 0 Å². The number of nitrogens with zero attached hydrogens (tertiary/aromatic N) is 2. The molecule has 3 heterocycles. The Balaban J connectivity index is 1.49. The number of aromatic nitrogens is 1. The molecule has 2 fully saturated rings. The maximum atomic E-state index is 14.1. The number of benzene rings is 3. The molecule has 3 aromatic carbocycles. The molecule has 4 aromatic rings. The second-order valence-corrected chi connectivity index (χ2v) is 10.3. The molecule has 4 atom stereocenters.